The van der Waals surface area contributed by atoms with Crippen molar-refractivity contribution in [3.05, 3.63) is 29.8 Å². The lowest BCUT2D eigenvalue weighted by Crippen LogP contribution is -2.43. The van der Waals surface area contributed by atoms with Gasteiger partial charge in [0.15, 0.2) is 5.96 Å². The first-order valence-electron chi connectivity index (χ1n) is 9.31. The number of guanidine groups is 1. The van der Waals surface area contributed by atoms with E-state index in [2.05, 4.69) is 25.3 Å². The monoisotopic (exact) mass is 512 g/mol. The van der Waals surface area contributed by atoms with Crippen LogP contribution in [0.25, 0.3) is 0 Å². The van der Waals surface area contributed by atoms with Crippen molar-refractivity contribution in [2.45, 2.75) is 26.0 Å². The fourth-order valence-electron chi connectivity index (χ4n) is 3.14. The molecule has 0 aromatic heterocycles. The minimum Gasteiger partial charge on any atom is -0.434 e. The summed E-state index contributed by atoms with van der Waals surface area (Å²) in [5.41, 5.74) is 0.659. The van der Waals surface area contributed by atoms with Gasteiger partial charge in [0.2, 0.25) is 0 Å². The summed E-state index contributed by atoms with van der Waals surface area (Å²) in [4.78, 5) is 6.64. The fraction of sp³-hybridized carbons (Fsp3) is 0.632. The van der Waals surface area contributed by atoms with Crippen LogP contribution in [0.1, 0.15) is 18.4 Å². The first-order valence-corrected chi connectivity index (χ1v) is 9.31. The number of hydrogen-bond acceptors (Lipinski definition) is 4. The summed E-state index contributed by atoms with van der Waals surface area (Å²) < 4.78 is 34.7. The number of likely N-dealkylation sites (tertiary alicyclic amines) is 1. The lowest BCUT2D eigenvalue weighted by molar-refractivity contribution is -0.0504. The second-order valence-electron chi connectivity index (χ2n) is 6.57. The average Bonchev–Trinajstić information content (AvgIpc) is 2.68. The summed E-state index contributed by atoms with van der Waals surface area (Å²) in [6.45, 7) is 2.29. The number of aliphatic imine (C=N–C) groups is 1. The first-order chi connectivity index (χ1) is 13.1. The van der Waals surface area contributed by atoms with Gasteiger partial charge in [-0.1, -0.05) is 18.2 Å². The van der Waals surface area contributed by atoms with Crippen LogP contribution in [0.5, 0.6) is 5.75 Å². The Labute approximate surface area is 183 Å². The Morgan fingerprint density at radius 1 is 1.25 bits per heavy atom. The molecule has 0 spiro atoms. The van der Waals surface area contributed by atoms with Gasteiger partial charge in [0, 0.05) is 39.4 Å². The molecule has 1 fully saturated rings. The van der Waals surface area contributed by atoms with Crippen LogP contribution >= 0.6 is 24.0 Å². The Balaban J connectivity index is 0.00000392. The predicted octanol–water partition coefficient (Wildman–Crippen LogP) is 2.93. The van der Waals surface area contributed by atoms with Crippen molar-refractivity contribution in [3.63, 3.8) is 0 Å². The Morgan fingerprint density at radius 2 is 1.96 bits per heavy atom. The Morgan fingerprint density at radius 3 is 2.61 bits per heavy atom. The normalized spacial score (nSPS) is 16.0. The van der Waals surface area contributed by atoms with Crippen molar-refractivity contribution >= 4 is 29.9 Å². The summed E-state index contributed by atoms with van der Waals surface area (Å²) in [5.74, 6) is 1.43. The van der Waals surface area contributed by atoms with E-state index in [-0.39, 0.29) is 29.7 Å². The van der Waals surface area contributed by atoms with Gasteiger partial charge in [-0.15, -0.1) is 24.0 Å². The topological polar surface area (TPSA) is 58.1 Å². The van der Waals surface area contributed by atoms with Crippen LogP contribution in [-0.2, 0) is 11.3 Å². The molecule has 2 N–H and O–H groups in total. The molecule has 0 unspecified atom stereocenters. The van der Waals surface area contributed by atoms with E-state index in [1.165, 1.54) is 6.07 Å². The van der Waals surface area contributed by atoms with E-state index in [1.54, 1.807) is 32.4 Å². The average molecular weight is 512 g/mol. The van der Waals surface area contributed by atoms with Crippen LogP contribution in [0.15, 0.2) is 29.3 Å². The SMILES string of the molecule is CN=C(NCc1ccccc1OC(F)F)NCC1CCN(CCOC)CC1.I. The molecule has 0 atom stereocenters. The number of para-hydroxylation sites is 1. The smallest absolute Gasteiger partial charge is 0.387 e. The summed E-state index contributed by atoms with van der Waals surface area (Å²) >= 11 is 0. The predicted molar refractivity (Wildman–Crippen MR) is 118 cm³/mol. The van der Waals surface area contributed by atoms with E-state index in [0.29, 0.717) is 24.0 Å². The molecule has 1 heterocycles. The number of rotatable bonds is 9. The third kappa shape index (κ3) is 8.87. The van der Waals surface area contributed by atoms with E-state index >= 15 is 0 Å². The molecule has 160 valence electrons. The molecule has 9 heteroatoms. The molecular weight excluding hydrogens is 481 g/mol. The lowest BCUT2D eigenvalue weighted by Gasteiger charge is -2.32. The van der Waals surface area contributed by atoms with E-state index < -0.39 is 6.61 Å². The third-order valence-electron chi connectivity index (χ3n) is 4.74. The number of piperidine rings is 1. The molecular formula is C19H31F2IN4O2. The zero-order chi connectivity index (χ0) is 19.5. The lowest BCUT2D eigenvalue weighted by atomic mass is 9.97. The van der Waals surface area contributed by atoms with Crippen LogP contribution in [0.2, 0.25) is 0 Å². The van der Waals surface area contributed by atoms with E-state index in [4.69, 9.17) is 4.74 Å². The highest BCUT2D eigenvalue weighted by Crippen LogP contribution is 2.20. The van der Waals surface area contributed by atoms with Crippen LogP contribution in [-0.4, -0.2) is 64.4 Å². The first kappa shape index (κ1) is 24.8. The quantitative estimate of drug-likeness (QED) is 0.303. The number of benzene rings is 1. The maximum atomic E-state index is 12.5. The van der Waals surface area contributed by atoms with Gasteiger partial charge in [-0.25, -0.2) is 0 Å². The van der Waals surface area contributed by atoms with Gasteiger partial charge in [0.1, 0.15) is 5.75 Å². The number of nitrogens with one attached hydrogen (secondary N) is 2. The second kappa shape index (κ2) is 13.9. The van der Waals surface area contributed by atoms with Crippen molar-refractivity contribution in [3.8, 4) is 5.75 Å². The molecule has 6 nitrogen and oxygen atoms in total. The molecule has 1 aromatic rings. The Kier molecular flexibility index (Phi) is 12.3. The number of hydrogen-bond donors (Lipinski definition) is 2. The van der Waals surface area contributed by atoms with Crippen molar-refractivity contribution < 1.29 is 18.3 Å². The van der Waals surface area contributed by atoms with E-state index in [1.807, 2.05) is 0 Å². The highest BCUT2D eigenvalue weighted by atomic mass is 127. The largest absolute Gasteiger partial charge is 0.434 e. The Bertz CT molecular complexity index is 585. The van der Waals surface area contributed by atoms with E-state index in [0.717, 1.165) is 45.6 Å². The number of nitrogens with zero attached hydrogens (tertiary/aromatic N) is 2. The van der Waals surface area contributed by atoms with Gasteiger partial charge in [0.05, 0.1) is 6.61 Å². The van der Waals surface area contributed by atoms with Gasteiger partial charge in [0.25, 0.3) is 0 Å². The number of methoxy groups -OCH3 is 1. The summed E-state index contributed by atoms with van der Waals surface area (Å²) in [6, 6.07) is 6.76. The second-order valence-corrected chi connectivity index (χ2v) is 6.57. The molecule has 1 saturated heterocycles. The number of ether oxygens (including phenoxy) is 2. The highest BCUT2D eigenvalue weighted by molar-refractivity contribution is 14.0. The van der Waals surface area contributed by atoms with Crippen molar-refractivity contribution in [2.24, 2.45) is 10.9 Å². The van der Waals surface area contributed by atoms with Gasteiger partial charge in [-0.3, -0.25) is 4.99 Å². The Hall–Kier alpha value is -1.20. The third-order valence-corrected chi connectivity index (χ3v) is 4.74. The minimum atomic E-state index is -2.83. The highest BCUT2D eigenvalue weighted by Gasteiger charge is 2.19. The zero-order valence-electron chi connectivity index (χ0n) is 16.5. The molecule has 0 aliphatic carbocycles. The standard InChI is InChI=1S/C19H30F2N4O2.HI/c1-22-19(23-13-15-7-9-25(10-8-15)11-12-26-2)24-14-16-5-3-4-6-17(16)27-18(20)21;/h3-6,15,18H,7-14H2,1-2H3,(H2,22,23,24);1H. The molecule has 0 bridgehead atoms. The van der Waals surface area contributed by atoms with Crippen molar-refractivity contribution in [1.29, 1.82) is 0 Å². The minimum absolute atomic E-state index is 0. The maximum absolute atomic E-state index is 12.5. The van der Waals surface area contributed by atoms with Crippen molar-refractivity contribution in [2.75, 3.05) is 46.9 Å². The fourth-order valence-corrected chi connectivity index (χ4v) is 3.14. The maximum Gasteiger partial charge on any atom is 0.387 e. The van der Waals surface area contributed by atoms with Crippen LogP contribution < -0.4 is 15.4 Å². The number of alkyl halides is 2. The van der Waals surface area contributed by atoms with Crippen LogP contribution in [0, 0.1) is 5.92 Å². The zero-order valence-corrected chi connectivity index (χ0v) is 18.8. The van der Waals surface area contributed by atoms with Gasteiger partial charge in [-0.2, -0.15) is 8.78 Å². The van der Waals surface area contributed by atoms with Gasteiger partial charge >= 0.3 is 6.61 Å². The molecule has 28 heavy (non-hydrogen) atoms. The molecule has 0 saturated carbocycles. The number of halogens is 3. The molecule has 1 aliphatic heterocycles. The molecule has 1 aliphatic rings. The van der Waals surface area contributed by atoms with E-state index in [9.17, 15) is 8.78 Å². The van der Waals surface area contributed by atoms with Crippen molar-refractivity contribution in [1.82, 2.24) is 15.5 Å². The molecule has 1 aromatic carbocycles. The summed E-state index contributed by atoms with van der Waals surface area (Å²) in [6.07, 6.45) is 2.28. The van der Waals surface area contributed by atoms with Gasteiger partial charge in [-0.05, 0) is 37.9 Å². The van der Waals surface area contributed by atoms with Gasteiger partial charge < -0.3 is 25.0 Å². The molecule has 2 rings (SSSR count). The summed E-state index contributed by atoms with van der Waals surface area (Å²) in [7, 11) is 3.43. The molecule has 0 radical (unpaired) electrons. The van der Waals surface area contributed by atoms with Crippen LogP contribution in [0.4, 0.5) is 8.78 Å². The summed E-state index contributed by atoms with van der Waals surface area (Å²) in [5, 5.41) is 6.50. The van der Waals surface area contributed by atoms with Crippen LogP contribution in [0.3, 0.4) is 0 Å². The molecule has 0 amide bonds.